The fourth-order valence-electron chi connectivity index (χ4n) is 3.88. The molecular weight excluding hydrogens is 216 g/mol. The van der Waals surface area contributed by atoms with Crippen molar-refractivity contribution >= 4 is 0 Å². The molecule has 3 heteroatoms. The van der Waals surface area contributed by atoms with Crippen LogP contribution >= 0.6 is 0 Å². The normalized spacial score (nSPS) is 39.0. The Kier molecular flexibility index (Phi) is 3.42. The first-order valence-electron chi connectivity index (χ1n) is 7.24. The Labute approximate surface area is 104 Å². The molecule has 3 fully saturated rings. The van der Waals surface area contributed by atoms with Crippen molar-refractivity contribution < 1.29 is 14.2 Å². The molecule has 2 aliphatic carbocycles. The maximum Gasteiger partial charge on any atom is 0.174 e. The fourth-order valence-corrected chi connectivity index (χ4v) is 3.88. The van der Waals surface area contributed by atoms with Crippen molar-refractivity contribution in [1.29, 1.82) is 0 Å². The summed E-state index contributed by atoms with van der Waals surface area (Å²) in [6.45, 7) is 4.71. The van der Waals surface area contributed by atoms with Crippen LogP contribution in [0.2, 0.25) is 0 Å². The number of hydrogen-bond acceptors (Lipinski definition) is 3. The zero-order valence-corrected chi connectivity index (χ0v) is 10.8. The topological polar surface area (TPSA) is 27.7 Å². The molecule has 0 radical (unpaired) electrons. The van der Waals surface area contributed by atoms with Crippen LogP contribution in [0.5, 0.6) is 0 Å². The Bertz CT molecular complexity index is 244. The molecule has 0 amide bonds. The van der Waals surface area contributed by atoms with E-state index < -0.39 is 0 Å². The molecule has 0 aromatic heterocycles. The van der Waals surface area contributed by atoms with Gasteiger partial charge in [-0.15, -0.1) is 0 Å². The summed E-state index contributed by atoms with van der Waals surface area (Å²) >= 11 is 0. The van der Waals surface area contributed by atoms with Crippen LogP contribution in [0.4, 0.5) is 0 Å². The van der Waals surface area contributed by atoms with Gasteiger partial charge in [-0.3, -0.25) is 0 Å². The summed E-state index contributed by atoms with van der Waals surface area (Å²) in [6, 6.07) is 0. The predicted octanol–water partition coefficient (Wildman–Crippen LogP) is 2.73. The van der Waals surface area contributed by atoms with Gasteiger partial charge in [0.05, 0.1) is 19.3 Å². The molecule has 1 spiro atoms. The highest BCUT2D eigenvalue weighted by molar-refractivity contribution is 5.01. The molecule has 3 nitrogen and oxygen atoms in total. The lowest BCUT2D eigenvalue weighted by molar-refractivity contribution is -0.237. The molecule has 2 saturated carbocycles. The van der Waals surface area contributed by atoms with Crippen LogP contribution in [0.15, 0.2) is 0 Å². The molecule has 17 heavy (non-hydrogen) atoms. The molecule has 3 aliphatic rings. The summed E-state index contributed by atoms with van der Waals surface area (Å²) in [5.74, 6) is 0.954. The average Bonchev–Trinajstić information content (AvgIpc) is 2.86. The molecule has 3 atom stereocenters. The van der Waals surface area contributed by atoms with Crippen LogP contribution in [0.25, 0.3) is 0 Å². The van der Waals surface area contributed by atoms with E-state index >= 15 is 0 Å². The van der Waals surface area contributed by atoms with Gasteiger partial charge in [0.15, 0.2) is 5.79 Å². The smallest absolute Gasteiger partial charge is 0.174 e. The molecule has 98 valence electrons. The zero-order valence-electron chi connectivity index (χ0n) is 10.8. The van der Waals surface area contributed by atoms with Crippen LogP contribution in [0, 0.1) is 11.8 Å². The van der Waals surface area contributed by atoms with E-state index in [2.05, 4.69) is 6.92 Å². The average molecular weight is 240 g/mol. The highest BCUT2D eigenvalue weighted by atomic mass is 16.7. The Morgan fingerprint density at radius 1 is 1.12 bits per heavy atom. The molecule has 0 aromatic rings. The highest BCUT2D eigenvalue weighted by Crippen LogP contribution is 2.54. The number of hydrogen-bond donors (Lipinski definition) is 0. The van der Waals surface area contributed by atoms with Crippen LogP contribution in [-0.4, -0.2) is 31.7 Å². The van der Waals surface area contributed by atoms with E-state index in [0.29, 0.717) is 17.9 Å². The zero-order chi connectivity index (χ0) is 11.7. The predicted molar refractivity (Wildman–Crippen MR) is 64.7 cm³/mol. The van der Waals surface area contributed by atoms with Gasteiger partial charge in [-0.1, -0.05) is 13.3 Å². The Balaban J connectivity index is 1.59. The first kappa shape index (κ1) is 11.9. The summed E-state index contributed by atoms with van der Waals surface area (Å²) in [6.07, 6.45) is 7.66. The maximum atomic E-state index is 6.00. The molecule has 1 aliphatic heterocycles. The van der Waals surface area contributed by atoms with Gasteiger partial charge in [-0.05, 0) is 32.1 Å². The SMILES string of the molecule is CCCCO[C@@H]1C[C@H]2CC[C@@H](C1)C21OCCO1. The van der Waals surface area contributed by atoms with E-state index in [1.807, 2.05) is 0 Å². The molecule has 1 heterocycles. The Hall–Kier alpha value is -0.120. The minimum Gasteiger partial charge on any atom is -0.378 e. The van der Waals surface area contributed by atoms with Crippen molar-refractivity contribution in [2.24, 2.45) is 11.8 Å². The van der Waals surface area contributed by atoms with E-state index in [9.17, 15) is 0 Å². The molecular formula is C14H24O3. The molecule has 2 bridgehead atoms. The monoisotopic (exact) mass is 240 g/mol. The van der Waals surface area contributed by atoms with Crippen LogP contribution < -0.4 is 0 Å². The van der Waals surface area contributed by atoms with Crippen molar-refractivity contribution in [2.45, 2.75) is 57.3 Å². The molecule has 0 unspecified atom stereocenters. The second-order valence-corrected chi connectivity index (χ2v) is 5.71. The van der Waals surface area contributed by atoms with Crippen molar-refractivity contribution in [3.05, 3.63) is 0 Å². The third-order valence-corrected chi connectivity index (χ3v) is 4.69. The van der Waals surface area contributed by atoms with Gasteiger partial charge < -0.3 is 14.2 Å². The summed E-state index contributed by atoms with van der Waals surface area (Å²) < 4.78 is 17.9. The second-order valence-electron chi connectivity index (χ2n) is 5.71. The van der Waals surface area contributed by atoms with Gasteiger partial charge in [-0.2, -0.15) is 0 Å². The first-order valence-corrected chi connectivity index (χ1v) is 7.24. The standard InChI is InChI=1S/C14H24O3/c1-2-3-6-15-13-9-11-4-5-12(10-13)14(11)16-7-8-17-14/h11-13H,2-10H2,1H3/t11-,12+,13-. The largest absolute Gasteiger partial charge is 0.378 e. The molecule has 0 aromatic carbocycles. The summed E-state index contributed by atoms with van der Waals surface area (Å²) in [5.41, 5.74) is 0. The van der Waals surface area contributed by atoms with Gasteiger partial charge in [0, 0.05) is 18.4 Å². The number of unbranched alkanes of at least 4 members (excludes halogenated alkanes) is 1. The third-order valence-electron chi connectivity index (χ3n) is 4.69. The summed E-state index contributed by atoms with van der Waals surface area (Å²) in [5, 5.41) is 0. The van der Waals surface area contributed by atoms with E-state index in [4.69, 9.17) is 14.2 Å². The van der Waals surface area contributed by atoms with Crippen molar-refractivity contribution in [3.8, 4) is 0 Å². The van der Waals surface area contributed by atoms with E-state index in [-0.39, 0.29) is 5.79 Å². The minimum atomic E-state index is -0.204. The summed E-state index contributed by atoms with van der Waals surface area (Å²) in [7, 11) is 0. The van der Waals surface area contributed by atoms with E-state index in [0.717, 1.165) is 32.7 Å². The Morgan fingerprint density at radius 3 is 2.35 bits per heavy atom. The maximum absolute atomic E-state index is 6.00. The van der Waals surface area contributed by atoms with Crippen molar-refractivity contribution in [3.63, 3.8) is 0 Å². The molecule has 3 rings (SSSR count). The van der Waals surface area contributed by atoms with Crippen molar-refractivity contribution in [2.75, 3.05) is 19.8 Å². The van der Waals surface area contributed by atoms with Crippen LogP contribution in [-0.2, 0) is 14.2 Å². The quantitative estimate of drug-likeness (QED) is 0.707. The number of rotatable bonds is 4. The number of ether oxygens (including phenoxy) is 3. The van der Waals surface area contributed by atoms with Crippen LogP contribution in [0.1, 0.15) is 45.4 Å². The van der Waals surface area contributed by atoms with Crippen LogP contribution in [0.3, 0.4) is 0 Å². The first-order chi connectivity index (χ1) is 8.35. The highest BCUT2D eigenvalue weighted by Gasteiger charge is 2.58. The summed E-state index contributed by atoms with van der Waals surface area (Å²) in [4.78, 5) is 0. The van der Waals surface area contributed by atoms with Gasteiger partial charge in [0.1, 0.15) is 0 Å². The van der Waals surface area contributed by atoms with Gasteiger partial charge in [-0.25, -0.2) is 0 Å². The van der Waals surface area contributed by atoms with E-state index in [1.165, 1.54) is 25.7 Å². The van der Waals surface area contributed by atoms with Gasteiger partial charge in [0.25, 0.3) is 0 Å². The van der Waals surface area contributed by atoms with Gasteiger partial charge in [0.2, 0.25) is 0 Å². The lowest BCUT2D eigenvalue weighted by Crippen LogP contribution is -2.47. The molecule has 0 N–H and O–H groups in total. The Morgan fingerprint density at radius 2 is 1.76 bits per heavy atom. The second kappa shape index (κ2) is 4.87. The lowest BCUT2D eigenvalue weighted by Gasteiger charge is -2.41. The van der Waals surface area contributed by atoms with Crippen molar-refractivity contribution in [1.82, 2.24) is 0 Å². The molecule has 1 saturated heterocycles. The van der Waals surface area contributed by atoms with E-state index in [1.54, 1.807) is 0 Å². The van der Waals surface area contributed by atoms with Gasteiger partial charge >= 0.3 is 0 Å². The fraction of sp³-hybridized carbons (Fsp3) is 1.00. The minimum absolute atomic E-state index is 0.204. The third kappa shape index (κ3) is 2.02. The lowest BCUT2D eigenvalue weighted by atomic mass is 9.81.